The van der Waals surface area contributed by atoms with E-state index < -0.39 is 23.9 Å². The number of amides is 1. The molecule has 2 aliphatic rings. The van der Waals surface area contributed by atoms with Crippen molar-refractivity contribution in [2.45, 2.75) is 104 Å². The van der Waals surface area contributed by atoms with Crippen molar-refractivity contribution in [1.29, 1.82) is 5.41 Å². The Kier molecular flexibility index (Phi) is 14.9. The quantitative estimate of drug-likeness (QED) is 0.281. The van der Waals surface area contributed by atoms with E-state index in [-0.39, 0.29) is 88.5 Å². The van der Waals surface area contributed by atoms with E-state index in [9.17, 15) is 4.79 Å². The largest absolute Gasteiger partial charge is 1.00 e. The van der Waals surface area contributed by atoms with Gasteiger partial charge in [-0.05, 0) is 102 Å². The normalized spacial score (nSPS) is 19.3. The van der Waals surface area contributed by atoms with E-state index in [4.69, 9.17) is 24.4 Å². The number of ether oxygens (including phenoxy) is 1. The number of carbonyl (C=O) groups excluding carboxylic acids is 1. The number of anilines is 1. The number of piperidine rings is 1. The fraction of sp³-hybridized carbons (Fsp3) is 0.621. The van der Waals surface area contributed by atoms with E-state index in [1.165, 1.54) is 0 Å². The average Bonchev–Trinajstić information content (AvgIpc) is 3.04. The molecule has 2 aliphatic heterocycles. The molecule has 1 aromatic heterocycles. The smallest absolute Gasteiger partial charge is 0.444 e. The number of nitrogens with one attached hydrogen (secondary N) is 2. The molecule has 1 amide bonds. The SMILES string of the molecule is CC(=N)Br.CCc1cc(B2OC(C)(C)C(C)(C)O2)cc2cnc(NC3CCCN(C(=O)OC(C)(C)C)C3)nc12.[CH3-].[Cs+]. The number of hydrogen-bond donors (Lipinski definition) is 2. The zero-order valence-electron chi connectivity index (χ0n) is 26.8. The number of aromatic nitrogens is 2. The first-order chi connectivity index (χ1) is 18.0. The minimum atomic E-state index is -0.506. The molecule has 222 valence electrons. The molecular formula is C29H46BBrCsN5O4. The molecule has 0 saturated carbocycles. The van der Waals surface area contributed by atoms with Gasteiger partial charge < -0.3 is 31.7 Å². The Morgan fingerprint density at radius 2 is 1.83 bits per heavy atom. The van der Waals surface area contributed by atoms with Crippen LogP contribution in [0.15, 0.2) is 18.3 Å². The Morgan fingerprint density at radius 3 is 2.37 bits per heavy atom. The van der Waals surface area contributed by atoms with Crippen LogP contribution in [0.2, 0.25) is 0 Å². The number of likely N-dealkylation sites (tertiary alicyclic amines) is 1. The number of carbonyl (C=O) groups is 1. The summed E-state index contributed by atoms with van der Waals surface area (Å²) in [5.41, 5.74) is 1.74. The van der Waals surface area contributed by atoms with Crippen LogP contribution in [0, 0.1) is 12.8 Å². The zero-order chi connectivity index (χ0) is 29.2. The Balaban J connectivity index is 0.00000131. The number of benzene rings is 1. The van der Waals surface area contributed by atoms with Gasteiger partial charge in [0.25, 0.3) is 0 Å². The van der Waals surface area contributed by atoms with Gasteiger partial charge in [-0.2, -0.15) is 0 Å². The van der Waals surface area contributed by atoms with E-state index in [0.29, 0.717) is 23.7 Å². The van der Waals surface area contributed by atoms with Gasteiger partial charge in [0.15, 0.2) is 0 Å². The first-order valence-electron chi connectivity index (χ1n) is 13.6. The Labute approximate surface area is 314 Å². The summed E-state index contributed by atoms with van der Waals surface area (Å²) < 4.78 is 18.6. The van der Waals surface area contributed by atoms with Crippen LogP contribution in [-0.4, -0.2) is 68.6 Å². The summed E-state index contributed by atoms with van der Waals surface area (Å²) in [6.07, 6.45) is 4.26. The van der Waals surface area contributed by atoms with E-state index in [2.05, 4.69) is 73.0 Å². The molecule has 3 heterocycles. The predicted molar refractivity (Wildman–Crippen MR) is 168 cm³/mol. The van der Waals surface area contributed by atoms with Crippen molar-refractivity contribution in [3.8, 4) is 0 Å². The van der Waals surface area contributed by atoms with Gasteiger partial charge in [-0.3, -0.25) is 5.41 Å². The number of halogens is 1. The number of nitrogens with zero attached hydrogens (tertiary/aromatic N) is 3. The Hall–Kier alpha value is -0.183. The van der Waals surface area contributed by atoms with Crippen molar-refractivity contribution in [3.63, 3.8) is 0 Å². The number of fused-ring (bicyclic) bond motifs is 1. The van der Waals surface area contributed by atoms with Crippen LogP contribution in [0.3, 0.4) is 0 Å². The molecule has 0 bridgehead atoms. The molecule has 1 atom stereocenters. The first-order valence-corrected chi connectivity index (χ1v) is 14.4. The van der Waals surface area contributed by atoms with Crippen molar-refractivity contribution in [3.05, 3.63) is 31.3 Å². The molecule has 1 unspecified atom stereocenters. The van der Waals surface area contributed by atoms with Gasteiger partial charge in [0, 0.05) is 30.7 Å². The van der Waals surface area contributed by atoms with Crippen molar-refractivity contribution in [2.24, 2.45) is 0 Å². The van der Waals surface area contributed by atoms with Crippen LogP contribution >= 0.6 is 15.9 Å². The van der Waals surface area contributed by atoms with Gasteiger partial charge in [0.2, 0.25) is 5.95 Å². The minimum absolute atomic E-state index is 0. The van der Waals surface area contributed by atoms with Crippen LogP contribution in [-0.2, 0) is 20.5 Å². The zero-order valence-corrected chi connectivity index (χ0v) is 34.6. The second-order valence-electron chi connectivity index (χ2n) is 12.2. The minimum Gasteiger partial charge on any atom is -0.444 e. The molecule has 0 radical (unpaired) electrons. The third-order valence-electron chi connectivity index (χ3n) is 7.10. The standard InChI is InChI=1S/C26H39BN4O4.C2H4BrN.CH3.Cs/c1-9-17-13-19(27-34-25(5,6)26(7,8)35-27)14-18-15-28-22(30-21(17)18)29-20-11-10-12-31(16-20)23(32)33-24(2,3)4;1-2(3)4;;/h13-15,20H,9-12,16H2,1-8H3,(H,28,29,30);4H,1H3;1H3;/q;;-1;+1. The Bertz CT molecular complexity index is 1190. The summed E-state index contributed by atoms with van der Waals surface area (Å²) in [6.45, 7) is 19.0. The first kappa shape index (κ1) is 38.8. The number of rotatable bonds is 4. The van der Waals surface area contributed by atoms with Gasteiger partial charge in [-0.15, -0.1) is 0 Å². The van der Waals surface area contributed by atoms with Crippen LogP contribution < -0.4 is 79.7 Å². The van der Waals surface area contributed by atoms with E-state index >= 15 is 0 Å². The van der Waals surface area contributed by atoms with Crippen LogP contribution in [0.1, 0.15) is 80.7 Å². The van der Waals surface area contributed by atoms with E-state index in [0.717, 1.165) is 41.2 Å². The van der Waals surface area contributed by atoms with Gasteiger partial charge in [0.1, 0.15) is 5.60 Å². The maximum absolute atomic E-state index is 12.5. The van der Waals surface area contributed by atoms with Gasteiger partial charge in [-0.25, -0.2) is 14.8 Å². The molecule has 0 aliphatic carbocycles. The van der Waals surface area contributed by atoms with E-state index in [1.54, 1.807) is 11.8 Å². The summed E-state index contributed by atoms with van der Waals surface area (Å²) in [5, 5.41) is 10.8. The average molecular weight is 752 g/mol. The summed E-state index contributed by atoms with van der Waals surface area (Å²) in [6, 6.07) is 4.26. The molecule has 9 nitrogen and oxygen atoms in total. The molecule has 2 fully saturated rings. The summed E-state index contributed by atoms with van der Waals surface area (Å²) in [5.74, 6) is 0.576. The summed E-state index contributed by atoms with van der Waals surface area (Å²) >= 11 is 2.85. The fourth-order valence-electron chi connectivity index (χ4n) is 4.47. The van der Waals surface area contributed by atoms with Crippen LogP contribution in [0.25, 0.3) is 10.9 Å². The van der Waals surface area contributed by atoms with Crippen molar-refractivity contribution < 1.29 is 87.7 Å². The van der Waals surface area contributed by atoms with Crippen molar-refractivity contribution in [1.82, 2.24) is 14.9 Å². The fourth-order valence-corrected chi connectivity index (χ4v) is 4.47. The number of aryl methyl sites for hydroxylation is 1. The van der Waals surface area contributed by atoms with Crippen LogP contribution in [0.4, 0.5) is 10.7 Å². The topological polar surface area (TPSA) is 110 Å². The summed E-state index contributed by atoms with van der Waals surface area (Å²) in [7, 11) is -0.423. The molecule has 2 N–H and O–H groups in total. The molecule has 2 aromatic rings. The Morgan fingerprint density at radius 1 is 1.24 bits per heavy atom. The molecule has 12 heteroatoms. The maximum atomic E-state index is 12.5. The van der Waals surface area contributed by atoms with Crippen LogP contribution in [0.5, 0.6) is 0 Å². The molecular weight excluding hydrogens is 706 g/mol. The van der Waals surface area contributed by atoms with Gasteiger partial charge >= 0.3 is 82.1 Å². The number of hydrogen-bond acceptors (Lipinski definition) is 8. The summed E-state index contributed by atoms with van der Waals surface area (Å²) in [4.78, 5) is 23.7. The van der Waals surface area contributed by atoms with Gasteiger partial charge in [0.05, 0.1) is 21.3 Å². The molecule has 1 aromatic carbocycles. The van der Waals surface area contributed by atoms with Gasteiger partial charge in [-0.1, -0.05) is 19.1 Å². The molecule has 2 saturated heterocycles. The second kappa shape index (κ2) is 15.7. The molecule has 4 rings (SSSR count). The third-order valence-corrected chi connectivity index (χ3v) is 7.10. The second-order valence-corrected chi connectivity index (χ2v) is 13.4. The maximum Gasteiger partial charge on any atom is 1.00 e. The molecule has 41 heavy (non-hydrogen) atoms. The van der Waals surface area contributed by atoms with Crippen molar-refractivity contribution >= 4 is 56.1 Å². The molecule has 0 spiro atoms. The monoisotopic (exact) mass is 751 g/mol. The third kappa shape index (κ3) is 10.7. The predicted octanol–water partition coefficient (Wildman–Crippen LogP) is 3.14. The van der Waals surface area contributed by atoms with E-state index in [1.807, 2.05) is 27.0 Å². The van der Waals surface area contributed by atoms with Crippen molar-refractivity contribution in [2.75, 3.05) is 18.4 Å².